The first kappa shape index (κ1) is 28.0. The number of allylic oxidation sites excluding steroid dienone is 10. The number of rotatable bonds is 0. The SMILES string of the molecule is C1=CC2=NC1=CC1=CCC(C=C3C=CC(=N3)C=c3ccc([nH]3)=C2)N1.C1=CC2=NC1=CC1=CCC(C=C3C=CC(=N3)C=c3ccc([nH]3)=C2)N1. The van der Waals surface area contributed by atoms with Gasteiger partial charge >= 0.3 is 0 Å². The Balaban J connectivity index is 0.000000131. The van der Waals surface area contributed by atoms with E-state index < -0.39 is 0 Å². The van der Waals surface area contributed by atoms with Gasteiger partial charge in [0.2, 0.25) is 0 Å². The summed E-state index contributed by atoms with van der Waals surface area (Å²) in [5.41, 5.74) is 10.0. The molecular weight excluding hydrogens is 592 g/mol. The zero-order valence-corrected chi connectivity index (χ0v) is 26.1. The number of aromatic nitrogens is 2. The van der Waals surface area contributed by atoms with Crippen LogP contribution in [0.1, 0.15) is 12.8 Å². The molecule has 2 aromatic rings. The molecule has 0 spiro atoms. The fourth-order valence-electron chi connectivity index (χ4n) is 6.40. The summed E-state index contributed by atoms with van der Waals surface area (Å²) in [6.07, 6.45) is 39.5. The van der Waals surface area contributed by atoms with Crippen LogP contribution in [0, 0.1) is 0 Å². The van der Waals surface area contributed by atoms with E-state index in [2.05, 4.69) is 138 Å². The molecule has 8 aliphatic heterocycles. The third-order valence-electron chi connectivity index (χ3n) is 8.65. The van der Waals surface area contributed by atoms with Crippen molar-refractivity contribution in [2.45, 2.75) is 24.9 Å². The molecule has 48 heavy (non-hydrogen) atoms. The van der Waals surface area contributed by atoms with Crippen LogP contribution in [-0.2, 0) is 0 Å². The lowest BCUT2D eigenvalue weighted by Gasteiger charge is -2.07. The molecule has 16 bridgehead atoms. The average Bonchev–Trinajstić information content (AvgIpc) is 3.91. The lowest BCUT2D eigenvalue weighted by Crippen LogP contribution is -2.19. The van der Waals surface area contributed by atoms with Crippen LogP contribution in [0.25, 0.3) is 24.3 Å². The average molecular weight is 625 g/mol. The molecule has 10 rings (SSSR count). The van der Waals surface area contributed by atoms with Crippen molar-refractivity contribution in [3.63, 3.8) is 0 Å². The molecule has 0 radical (unpaired) electrons. The normalized spacial score (nSPS) is 23.5. The molecule has 8 aliphatic rings. The smallest absolute Gasteiger partial charge is 0.0658 e. The standard InChI is InChI=1S/2C20H16N4/c2*1-2-14-10-16-5-6-18(23-16)12-20-8-7-19(24-20)11-17-4-3-15(22-17)9-13(1)21-14/h2*1-7,9-12,20-21,24H,8H2. The monoisotopic (exact) mass is 624 g/mol. The molecule has 4 N–H and O–H groups in total. The van der Waals surface area contributed by atoms with Gasteiger partial charge < -0.3 is 20.6 Å². The number of hydrogen-bond acceptors (Lipinski definition) is 6. The van der Waals surface area contributed by atoms with E-state index in [0.717, 1.165) is 91.3 Å². The number of fused-ring (bicyclic) bond motifs is 12. The van der Waals surface area contributed by atoms with E-state index in [1.165, 1.54) is 0 Å². The Bertz CT molecular complexity index is 2270. The van der Waals surface area contributed by atoms with E-state index in [-0.39, 0.29) is 12.1 Å². The molecule has 0 amide bonds. The van der Waals surface area contributed by atoms with Crippen LogP contribution in [-0.4, -0.2) is 44.9 Å². The molecule has 0 aliphatic carbocycles. The molecule has 2 aromatic heterocycles. The molecule has 8 heteroatoms. The van der Waals surface area contributed by atoms with Crippen LogP contribution in [0.4, 0.5) is 0 Å². The van der Waals surface area contributed by atoms with Crippen LogP contribution >= 0.6 is 0 Å². The van der Waals surface area contributed by atoms with E-state index in [0.29, 0.717) is 0 Å². The fourth-order valence-corrected chi connectivity index (χ4v) is 6.40. The zero-order chi connectivity index (χ0) is 31.9. The second-order valence-electron chi connectivity index (χ2n) is 12.4. The van der Waals surface area contributed by atoms with Crippen molar-refractivity contribution in [2.24, 2.45) is 20.0 Å². The second kappa shape index (κ2) is 11.8. The third-order valence-corrected chi connectivity index (χ3v) is 8.65. The van der Waals surface area contributed by atoms with Gasteiger partial charge in [0.15, 0.2) is 0 Å². The minimum atomic E-state index is 0.282. The molecule has 232 valence electrons. The summed E-state index contributed by atoms with van der Waals surface area (Å²) in [5.74, 6) is 0. The van der Waals surface area contributed by atoms with Crippen LogP contribution in [0.15, 0.2) is 163 Å². The van der Waals surface area contributed by atoms with Crippen LogP contribution in [0.5, 0.6) is 0 Å². The maximum absolute atomic E-state index is 4.68. The predicted octanol–water partition coefficient (Wildman–Crippen LogP) is 3.25. The van der Waals surface area contributed by atoms with Gasteiger partial charge in [0.25, 0.3) is 0 Å². The van der Waals surface area contributed by atoms with Gasteiger partial charge in [-0.25, -0.2) is 20.0 Å². The highest BCUT2D eigenvalue weighted by atomic mass is 15.0. The summed E-state index contributed by atoms with van der Waals surface area (Å²) < 4.78 is 0. The first-order valence-electron chi connectivity index (χ1n) is 16.2. The lowest BCUT2D eigenvalue weighted by molar-refractivity contribution is 0.739. The van der Waals surface area contributed by atoms with Gasteiger partial charge in [0.05, 0.1) is 57.7 Å². The minimum absolute atomic E-state index is 0.282. The van der Waals surface area contributed by atoms with Gasteiger partial charge in [-0.3, -0.25) is 0 Å². The van der Waals surface area contributed by atoms with Crippen molar-refractivity contribution in [1.29, 1.82) is 0 Å². The summed E-state index contributed by atoms with van der Waals surface area (Å²) >= 11 is 0. The van der Waals surface area contributed by atoms with Crippen molar-refractivity contribution < 1.29 is 0 Å². The number of nitrogens with zero attached hydrogens (tertiary/aromatic N) is 4. The number of aliphatic imine (C=N–C) groups is 4. The van der Waals surface area contributed by atoms with Crippen LogP contribution < -0.4 is 32.0 Å². The lowest BCUT2D eigenvalue weighted by atomic mass is 10.2. The van der Waals surface area contributed by atoms with Crippen molar-refractivity contribution in [3.05, 3.63) is 165 Å². The molecule has 0 aromatic carbocycles. The van der Waals surface area contributed by atoms with Gasteiger partial charge in [-0.2, -0.15) is 0 Å². The van der Waals surface area contributed by atoms with E-state index in [9.17, 15) is 0 Å². The minimum Gasteiger partial charge on any atom is -0.379 e. The highest BCUT2D eigenvalue weighted by Crippen LogP contribution is 2.21. The molecule has 8 nitrogen and oxygen atoms in total. The Kier molecular flexibility index (Phi) is 6.89. The van der Waals surface area contributed by atoms with Crippen LogP contribution in [0.2, 0.25) is 0 Å². The molecule has 0 fully saturated rings. The Morgan fingerprint density at radius 2 is 0.771 bits per heavy atom. The van der Waals surface area contributed by atoms with E-state index in [1.807, 2.05) is 36.5 Å². The van der Waals surface area contributed by atoms with Gasteiger partial charge in [0, 0.05) is 32.8 Å². The quantitative estimate of drug-likeness (QED) is 0.362. The fraction of sp³-hybridized carbons (Fsp3) is 0.100. The molecule has 0 saturated heterocycles. The summed E-state index contributed by atoms with van der Waals surface area (Å²) in [7, 11) is 0. The van der Waals surface area contributed by atoms with Crippen LogP contribution in [0.3, 0.4) is 0 Å². The Morgan fingerprint density at radius 3 is 1.17 bits per heavy atom. The Morgan fingerprint density at radius 1 is 0.417 bits per heavy atom. The Hall–Kier alpha value is -6.28. The third kappa shape index (κ3) is 6.24. The van der Waals surface area contributed by atoms with Crippen molar-refractivity contribution in [3.8, 4) is 0 Å². The van der Waals surface area contributed by atoms with Crippen molar-refractivity contribution >= 4 is 47.2 Å². The summed E-state index contributed by atoms with van der Waals surface area (Å²) in [6.45, 7) is 0. The van der Waals surface area contributed by atoms with Gasteiger partial charge in [-0.15, -0.1) is 0 Å². The number of hydrogen-bond donors (Lipinski definition) is 4. The van der Waals surface area contributed by atoms with E-state index >= 15 is 0 Å². The Labute approximate surface area is 277 Å². The van der Waals surface area contributed by atoms with Gasteiger partial charge in [0.1, 0.15) is 0 Å². The second-order valence-corrected chi connectivity index (χ2v) is 12.4. The summed E-state index contributed by atoms with van der Waals surface area (Å²) in [4.78, 5) is 25.4. The van der Waals surface area contributed by atoms with Gasteiger partial charge in [-0.05, 0) is 134 Å². The molecule has 10 heterocycles. The molecular formula is C40H32N8. The first-order chi connectivity index (χ1) is 23.6. The predicted molar refractivity (Wildman–Crippen MR) is 196 cm³/mol. The molecule has 2 unspecified atom stereocenters. The maximum atomic E-state index is 4.68. The maximum Gasteiger partial charge on any atom is 0.0658 e. The summed E-state index contributed by atoms with van der Waals surface area (Å²) in [5, 5.41) is 11.2. The molecule has 2 atom stereocenters. The summed E-state index contributed by atoms with van der Waals surface area (Å²) in [6, 6.07) is 8.81. The largest absolute Gasteiger partial charge is 0.379 e. The highest BCUT2D eigenvalue weighted by molar-refractivity contribution is 6.21. The van der Waals surface area contributed by atoms with Crippen molar-refractivity contribution in [2.75, 3.05) is 0 Å². The molecule has 0 saturated carbocycles. The number of aromatic amines is 2. The topological polar surface area (TPSA) is 105 Å². The van der Waals surface area contributed by atoms with E-state index in [4.69, 9.17) is 0 Å². The van der Waals surface area contributed by atoms with Crippen molar-refractivity contribution in [1.82, 2.24) is 20.6 Å². The number of H-pyrrole nitrogens is 2. The number of nitrogens with one attached hydrogen (secondary N) is 4. The zero-order valence-electron chi connectivity index (χ0n) is 26.1. The highest BCUT2D eigenvalue weighted by Gasteiger charge is 2.16. The van der Waals surface area contributed by atoms with E-state index in [1.54, 1.807) is 0 Å². The van der Waals surface area contributed by atoms with Gasteiger partial charge in [-0.1, -0.05) is 12.2 Å². The first-order valence-corrected chi connectivity index (χ1v) is 16.2.